The van der Waals surface area contributed by atoms with Crippen molar-refractivity contribution in [3.63, 3.8) is 0 Å². The summed E-state index contributed by atoms with van der Waals surface area (Å²) in [6.07, 6.45) is 0.127. The van der Waals surface area contributed by atoms with Gasteiger partial charge in [0.05, 0.1) is 25.3 Å². The Hall–Kier alpha value is -3.75. The highest BCUT2D eigenvalue weighted by atomic mass is 19.1. The number of nitrogens with zero attached hydrogens (tertiary/aromatic N) is 1. The summed E-state index contributed by atoms with van der Waals surface area (Å²) in [6, 6.07) is 10.8. The predicted octanol–water partition coefficient (Wildman–Crippen LogP) is 2.02. The van der Waals surface area contributed by atoms with Gasteiger partial charge in [0.1, 0.15) is 5.82 Å². The van der Waals surface area contributed by atoms with Gasteiger partial charge in [-0.2, -0.15) is 0 Å². The zero-order valence-electron chi connectivity index (χ0n) is 16.2. The van der Waals surface area contributed by atoms with Gasteiger partial charge in [0.25, 0.3) is 5.91 Å². The topological polar surface area (TPSA) is 105 Å². The molecule has 0 aromatic heterocycles. The molecule has 1 fully saturated rings. The van der Waals surface area contributed by atoms with Crippen molar-refractivity contribution >= 4 is 29.4 Å². The number of hydrazine groups is 1. The first-order chi connectivity index (χ1) is 14.4. The van der Waals surface area contributed by atoms with Crippen LogP contribution in [0.5, 0.6) is 0 Å². The summed E-state index contributed by atoms with van der Waals surface area (Å²) in [5.74, 6) is -1.94. The summed E-state index contributed by atoms with van der Waals surface area (Å²) in [7, 11) is 1.24. The highest BCUT2D eigenvalue weighted by Crippen LogP contribution is 2.21. The molecule has 0 radical (unpaired) electrons. The second-order valence-electron chi connectivity index (χ2n) is 6.67. The first-order valence-electron chi connectivity index (χ1n) is 9.23. The quantitative estimate of drug-likeness (QED) is 0.705. The van der Waals surface area contributed by atoms with Crippen LogP contribution in [-0.2, 0) is 19.1 Å². The first kappa shape index (κ1) is 21.0. The number of ether oxygens (including phenoxy) is 1. The number of amides is 3. The number of nitrogens with one attached hydrogen (secondary N) is 2. The Bertz CT molecular complexity index is 960. The van der Waals surface area contributed by atoms with Crippen LogP contribution in [0.2, 0.25) is 0 Å². The van der Waals surface area contributed by atoms with Gasteiger partial charge < -0.3 is 10.1 Å². The molecule has 2 aromatic rings. The molecule has 1 heterocycles. The van der Waals surface area contributed by atoms with Crippen LogP contribution in [0, 0.1) is 5.82 Å². The SMILES string of the molecule is COC(=O)CC(NC(=O)c1ccc(N2NC(=O)CCC2=O)cc1)c1ccc(F)cc1. The lowest BCUT2D eigenvalue weighted by atomic mass is 10.0. The Morgan fingerprint density at radius 2 is 1.77 bits per heavy atom. The molecule has 2 aromatic carbocycles. The molecule has 3 amide bonds. The fourth-order valence-electron chi connectivity index (χ4n) is 2.98. The molecule has 0 saturated carbocycles. The number of esters is 1. The lowest BCUT2D eigenvalue weighted by molar-refractivity contribution is -0.141. The predicted molar refractivity (Wildman–Crippen MR) is 105 cm³/mol. The summed E-state index contributed by atoms with van der Waals surface area (Å²) in [4.78, 5) is 47.9. The maximum absolute atomic E-state index is 13.2. The van der Waals surface area contributed by atoms with E-state index in [1.807, 2.05) is 0 Å². The van der Waals surface area contributed by atoms with Crippen molar-refractivity contribution in [1.29, 1.82) is 0 Å². The van der Waals surface area contributed by atoms with Gasteiger partial charge in [0.2, 0.25) is 11.8 Å². The van der Waals surface area contributed by atoms with E-state index in [2.05, 4.69) is 15.5 Å². The summed E-state index contributed by atoms with van der Waals surface area (Å²) in [6.45, 7) is 0. The standard InChI is InChI=1S/C21H20FN3O5/c1-30-20(28)12-17(13-2-6-15(22)7-3-13)23-21(29)14-4-8-16(9-5-14)25-19(27)11-10-18(26)24-25/h2-9,17H,10-12H2,1H3,(H,23,29)(H,24,26). The number of hydrogen-bond acceptors (Lipinski definition) is 5. The Kier molecular flexibility index (Phi) is 6.41. The van der Waals surface area contributed by atoms with Gasteiger partial charge in [-0.1, -0.05) is 12.1 Å². The molecule has 9 heteroatoms. The van der Waals surface area contributed by atoms with Gasteiger partial charge in [0.15, 0.2) is 0 Å². The van der Waals surface area contributed by atoms with E-state index in [-0.39, 0.29) is 36.6 Å². The van der Waals surface area contributed by atoms with Crippen LogP contribution < -0.4 is 15.8 Å². The molecule has 0 bridgehead atoms. The zero-order chi connectivity index (χ0) is 21.7. The highest BCUT2D eigenvalue weighted by molar-refractivity contribution is 6.01. The van der Waals surface area contributed by atoms with Crippen LogP contribution in [0.25, 0.3) is 0 Å². The van der Waals surface area contributed by atoms with E-state index < -0.39 is 23.7 Å². The minimum atomic E-state index is -0.715. The molecule has 0 aliphatic carbocycles. The Morgan fingerprint density at radius 1 is 1.10 bits per heavy atom. The molecule has 1 aliphatic rings. The fourth-order valence-corrected chi connectivity index (χ4v) is 2.98. The number of carbonyl (C=O) groups excluding carboxylic acids is 4. The molecular weight excluding hydrogens is 393 g/mol. The largest absolute Gasteiger partial charge is 0.469 e. The van der Waals surface area contributed by atoms with Crippen LogP contribution in [0.15, 0.2) is 48.5 Å². The molecule has 0 spiro atoms. The van der Waals surface area contributed by atoms with Crippen molar-refractivity contribution in [2.45, 2.75) is 25.3 Å². The number of anilines is 1. The second kappa shape index (κ2) is 9.17. The second-order valence-corrected chi connectivity index (χ2v) is 6.67. The summed E-state index contributed by atoms with van der Waals surface area (Å²) >= 11 is 0. The number of methoxy groups -OCH3 is 1. The molecule has 156 valence electrons. The number of halogens is 1. The van der Waals surface area contributed by atoms with Crippen LogP contribution in [-0.4, -0.2) is 30.8 Å². The van der Waals surface area contributed by atoms with E-state index >= 15 is 0 Å². The average molecular weight is 413 g/mol. The number of rotatable bonds is 6. The van der Waals surface area contributed by atoms with Crippen molar-refractivity contribution in [2.24, 2.45) is 0 Å². The van der Waals surface area contributed by atoms with Crippen molar-refractivity contribution in [2.75, 3.05) is 12.1 Å². The van der Waals surface area contributed by atoms with Gasteiger partial charge in [-0.05, 0) is 42.0 Å². The Morgan fingerprint density at radius 3 is 2.40 bits per heavy atom. The third kappa shape index (κ3) is 4.99. The minimum Gasteiger partial charge on any atom is -0.469 e. The normalized spacial score (nSPS) is 14.7. The van der Waals surface area contributed by atoms with Crippen LogP contribution in [0.4, 0.5) is 10.1 Å². The minimum absolute atomic E-state index is 0.112. The lowest BCUT2D eigenvalue weighted by Gasteiger charge is -2.27. The van der Waals surface area contributed by atoms with Crippen molar-refractivity contribution < 1.29 is 28.3 Å². The van der Waals surface area contributed by atoms with Gasteiger partial charge in [0, 0.05) is 18.4 Å². The lowest BCUT2D eigenvalue weighted by Crippen LogP contribution is -2.50. The number of benzene rings is 2. The van der Waals surface area contributed by atoms with Crippen LogP contribution in [0.3, 0.4) is 0 Å². The average Bonchev–Trinajstić information content (AvgIpc) is 2.75. The summed E-state index contributed by atoms with van der Waals surface area (Å²) in [5.41, 5.74) is 3.74. The molecular formula is C21H20FN3O5. The van der Waals surface area contributed by atoms with Crippen molar-refractivity contribution in [3.8, 4) is 0 Å². The van der Waals surface area contributed by atoms with E-state index in [1.165, 1.54) is 55.6 Å². The van der Waals surface area contributed by atoms with Crippen molar-refractivity contribution in [1.82, 2.24) is 10.7 Å². The Labute approximate surface area is 172 Å². The number of hydrogen-bond donors (Lipinski definition) is 2. The van der Waals surface area contributed by atoms with E-state index in [9.17, 15) is 23.6 Å². The molecule has 3 rings (SSSR count). The maximum atomic E-state index is 13.2. The fraction of sp³-hybridized carbons (Fsp3) is 0.238. The van der Waals surface area contributed by atoms with Gasteiger partial charge in [-0.3, -0.25) is 24.6 Å². The molecule has 1 aliphatic heterocycles. The third-order valence-electron chi connectivity index (χ3n) is 4.62. The monoisotopic (exact) mass is 413 g/mol. The Balaban J connectivity index is 1.75. The van der Waals surface area contributed by atoms with E-state index in [0.717, 1.165) is 5.01 Å². The summed E-state index contributed by atoms with van der Waals surface area (Å²) < 4.78 is 17.9. The van der Waals surface area contributed by atoms with Crippen molar-refractivity contribution in [3.05, 3.63) is 65.5 Å². The van der Waals surface area contributed by atoms with Crippen LogP contribution >= 0.6 is 0 Å². The molecule has 1 saturated heterocycles. The molecule has 30 heavy (non-hydrogen) atoms. The van der Waals surface area contributed by atoms with Gasteiger partial charge >= 0.3 is 5.97 Å². The summed E-state index contributed by atoms with van der Waals surface area (Å²) in [5, 5.41) is 3.88. The third-order valence-corrected chi connectivity index (χ3v) is 4.62. The molecule has 8 nitrogen and oxygen atoms in total. The highest BCUT2D eigenvalue weighted by Gasteiger charge is 2.25. The maximum Gasteiger partial charge on any atom is 0.307 e. The van der Waals surface area contributed by atoms with Crippen LogP contribution in [0.1, 0.15) is 41.2 Å². The molecule has 2 N–H and O–H groups in total. The van der Waals surface area contributed by atoms with Gasteiger partial charge in [-0.25, -0.2) is 9.40 Å². The smallest absolute Gasteiger partial charge is 0.307 e. The number of carbonyl (C=O) groups is 4. The van der Waals surface area contributed by atoms with E-state index in [4.69, 9.17) is 0 Å². The first-order valence-corrected chi connectivity index (χ1v) is 9.23. The van der Waals surface area contributed by atoms with Gasteiger partial charge in [-0.15, -0.1) is 0 Å². The zero-order valence-corrected chi connectivity index (χ0v) is 16.2. The molecule has 1 atom stereocenters. The van der Waals surface area contributed by atoms with E-state index in [1.54, 1.807) is 0 Å². The molecule has 1 unspecified atom stereocenters. The van der Waals surface area contributed by atoms with E-state index in [0.29, 0.717) is 11.3 Å².